The van der Waals surface area contributed by atoms with E-state index in [1.165, 1.54) is 4.90 Å². The molecule has 0 aliphatic rings. The lowest BCUT2D eigenvalue weighted by Crippen LogP contribution is -2.21. The highest BCUT2D eigenvalue weighted by atomic mass is 16.5. The van der Waals surface area contributed by atoms with Crippen LogP contribution in [0.2, 0.25) is 0 Å². The second kappa shape index (κ2) is 8.34. The fourth-order valence-corrected chi connectivity index (χ4v) is 2.48. The van der Waals surface area contributed by atoms with E-state index in [-0.39, 0.29) is 18.4 Å². The summed E-state index contributed by atoms with van der Waals surface area (Å²) in [7, 11) is 3.37. The summed E-state index contributed by atoms with van der Waals surface area (Å²) in [6, 6.07) is 13.6. The maximum atomic E-state index is 12.7. The largest absolute Gasteiger partial charge is 0.485 e. The quantitative estimate of drug-likeness (QED) is 0.706. The van der Waals surface area contributed by atoms with E-state index in [0.717, 1.165) is 0 Å². The van der Waals surface area contributed by atoms with Crippen molar-refractivity contribution in [2.24, 2.45) is 0 Å². The van der Waals surface area contributed by atoms with E-state index in [9.17, 15) is 9.59 Å². The number of nitrogens with one attached hydrogen (secondary N) is 1. The molecule has 28 heavy (non-hydrogen) atoms. The Morgan fingerprint density at radius 1 is 1.11 bits per heavy atom. The number of para-hydroxylation sites is 1. The monoisotopic (exact) mass is 380 g/mol. The molecule has 1 heterocycles. The van der Waals surface area contributed by atoms with E-state index in [0.29, 0.717) is 34.3 Å². The van der Waals surface area contributed by atoms with Crippen molar-refractivity contribution in [2.45, 2.75) is 13.5 Å². The summed E-state index contributed by atoms with van der Waals surface area (Å²) >= 11 is 0. The van der Waals surface area contributed by atoms with Crippen LogP contribution in [0, 0.1) is 6.92 Å². The Balaban J connectivity index is 1.69. The van der Waals surface area contributed by atoms with Gasteiger partial charge in [-0.25, -0.2) is 0 Å². The fraction of sp³-hybridized carbons (Fsp3) is 0.200. The Morgan fingerprint density at radius 2 is 1.82 bits per heavy atom. The second-order valence-electron chi connectivity index (χ2n) is 6.25. The van der Waals surface area contributed by atoms with Crippen LogP contribution in [-0.2, 0) is 6.61 Å². The molecule has 2 amide bonds. The van der Waals surface area contributed by atoms with Gasteiger partial charge in [0.05, 0.1) is 5.56 Å². The number of carbonyl (C=O) groups excluding carboxylic acids is 2. The lowest BCUT2D eigenvalue weighted by atomic mass is 10.1. The van der Waals surface area contributed by atoms with Gasteiger partial charge in [0.25, 0.3) is 11.8 Å². The Bertz CT molecular complexity index is 980. The number of anilines is 1. The zero-order valence-electron chi connectivity index (χ0n) is 15.8. The van der Waals surface area contributed by atoms with Crippen molar-refractivity contribution in [2.75, 3.05) is 19.4 Å². The summed E-state index contributed by atoms with van der Waals surface area (Å²) in [6.07, 6.45) is 0. The highest BCUT2D eigenvalue weighted by Crippen LogP contribution is 2.21. The minimum absolute atomic E-state index is 0.0863. The smallest absolute Gasteiger partial charge is 0.259 e. The van der Waals surface area contributed by atoms with E-state index in [1.54, 1.807) is 69.6 Å². The van der Waals surface area contributed by atoms with Crippen LogP contribution >= 0.6 is 0 Å². The van der Waals surface area contributed by atoms with Gasteiger partial charge >= 0.3 is 0 Å². The van der Waals surface area contributed by atoms with Gasteiger partial charge in [0.15, 0.2) is 6.61 Å². The molecule has 0 bridgehead atoms. The molecule has 0 fully saturated rings. The first kappa shape index (κ1) is 19.1. The van der Waals surface area contributed by atoms with E-state index in [1.807, 2.05) is 0 Å². The van der Waals surface area contributed by atoms with Crippen LogP contribution in [0.3, 0.4) is 0 Å². The van der Waals surface area contributed by atoms with Crippen LogP contribution in [0.25, 0.3) is 0 Å². The molecule has 0 atom stereocenters. The van der Waals surface area contributed by atoms with Gasteiger partial charge in [-0.2, -0.15) is 4.98 Å². The predicted molar refractivity (Wildman–Crippen MR) is 102 cm³/mol. The second-order valence-corrected chi connectivity index (χ2v) is 6.25. The van der Waals surface area contributed by atoms with E-state index in [4.69, 9.17) is 9.26 Å². The number of rotatable bonds is 6. The van der Waals surface area contributed by atoms with Crippen LogP contribution < -0.4 is 10.1 Å². The van der Waals surface area contributed by atoms with Gasteiger partial charge in [-0.3, -0.25) is 9.59 Å². The number of hydrogen-bond acceptors (Lipinski definition) is 6. The van der Waals surface area contributed by atoms with Crippen LogP contribution in [0.15, 0.2) is 53.1 Å². The summed E-state index contributed by atoms with van der Waals surface area (Å²) in [5.41, 5.74) is 1.49. The topological polar surface area (TPSA) is 97.6 Å². The first-order valence-electron chi connectivity index (χ1n) is 8.58. The summed E-state index contributed by atoms with van der Waals surface area (Å²) in [5.74, 6) is 0.816. The number of hydrogen-bond donors (Lipinski definition) is 1. The molecule has 144 valence electrons. The third kappa shape index (κ3) is 4.53. The van der Waals surface area contributed by atoms with Crippen molar-refractivity contribution in [3.63, 3.8) is 0 Å². The lowest BCUT2D eigenvalue weighted by molar-refractivity contribution is 0.0827. The summed E-state index contributed by atoms with van der Waals surface area (Å²) in [4.78, 5) is 30.2. The molecule has 0 unspecified atom stereocenters. The summed E-state index contributed by atoms with van der Waals surface area (Å²) < 4.78 is 10.6. The number of benzene rings is 2. The third-order valence-corrected chi connectivity index (χ3v) is 3.85. The highest BCUT2D eigenvalue weighted by molar-refractivity contribution is 6.06. The average Bonchev–Trinajstić information content (AvgIpc) is 3.11. The highest BCUT2D eigenvalue weighted by Gasteiger charge is 2.14. The van der Waals surface area contributed by atoms with E-state index < -0.39 is 0 Å². The fourth-order valence-electron chi connectivity index (χ4n) is 2.48. The maximum absolute atomic E-state index is 12.7. The molecule has 0 aliphatic carbocycles. The molecular weight excluding hydrogens is 360 g/mol. The molecule has 1 N–H and O–H groups in total. The van der Waals surface area contributed by atoms with Gasteiger partial charge < -0.3 is 19.5 Å². The molecule has 1 aromatic heterocycles. The minimum Gasteiger partial charge on any atom is -0.485 e. The molecule has 0 saturated heterocycles. The molecular formula is C20H20N4O4. The Labute approximate surface area is 162 Å². The third-order valence-electron chi connectivity index (χ3n) is 3.85. The number of aromatic nitrogens is 2. The van der Waals surface area contributed by atoms with Crippen LogP contribution in [-0.4, -0.2) is 41.0 Å². The number of nitrogens with zero attached hydrogens (tertiary/aromatic N) is 3. The molecule has 0 saturated carbocycles. The first-order chi connectivity index (χ1) is 13.4. The lowest BCUT2D eigenvalue weighted by Gasteiger charge is -2.12. The Hall–Kier alpha value is -3.68. The van der Waals surface area contributed by atoms with Crippen LogP contribution in [0.4, 0.5) is 5.69 Å². The zero-order chi connectivity index (χ0) is 20.1. The molecule has 8 heteroatoms. The number of amides is 2. The summed E-state index contributed by atoms with van der Waals surface area (Å²) in [6.45, 7) is 1.78. The van der Waals surface area contributed by atoms with Crippen molar-refractivity contribution in [3.8, 4) is 5.75 Å². The predicted octanol–water partition coefficient (Wildman–Crippen LogP) is 2.91. The maximum Gasteiger partial charge on any atom is 0.259 e. The van der Waals surface area contributed by atoms with Crippen LogP contribution in [0.1, 0.15) is 32.4 Å². The van der Waals surface area contributed by atoms with Gasteiger partial charge in [0, 0.05) is 32.3 Å². The molecule has 2 aromatic carbocycles. The number of carbonyl (C=O) groups is 2. The van der Waals surface area contributed by atoms with Gasteiger partial charge in [-0.15, -0.1) is 0 Å². The van der Waals surface area contributed by atoms with Gasteiger partial charge in [0.2, 0.25) is 11.7 Å². The van der Waals surface area contributed by atoms with Crippen LogP contribution in [0.5, 0.6) is 5.75 Å². The van der Waals surface area contributed by atoms with Gasteiger partial charge in [-0.1, -0.05) is 17.3 Å². The van der Waals surface area contributed by atoms with Crippen molar-refractivity contribution in [1.29, 1.82) is 0 Å². The molecule has 8 nitrogen and oxygen atoms in total. The van der Waals surface area contributed by atoms with Gasteiger partial charge in [-0.05, 0) is 36.4 Å². The Morgan fingerprint density at radius 3 is 2.46 bits per heavy atom. The molecule has 0 radical (unpaired) electrons. The van der Waals surface area contributed by atoms with Crippen molar-refractivity contribution in [3.05, 3.63) is 71.4 Å². The number of aryl methyl sites for hydroxylation is 1. The van der Waals surface area contributed by atoms with E-state index >= 15 is 0 Å². The van der Waals surface area contributed by atoms with E-state index in [2.05, 4.69) is 15.5 Å². The molecule has 3 aromatic rings. The molecule has 0 spiro atoms. The van der Waals surface area contributed by atoms with Crippen molar-refractivity contribution < 1.29 is 18.8 Å². The standard InChI is InChI=1S/C20H20N4O4/c1-13-21-18(23-28-13)12-27-17-7-5-4-6-16(17)19(25)22-15-10-8-14(9-11-15)20(26)24(2)3/h4-11H,12H2,1-3H3,(H,22,25). The SMILES string of the molecule is Cc1nc(COc2ccccc2C(=O)Nc2ccc(C(=O)N(C)C)cc2)no1. The minimum atomic E-state index is -0.327. The van der Waals surface area contributed by atoms with Gasteiger partial charge in [0.1, 0.15) is 5.75 Å². The molecule has 3 rings (SSSR count). The molecule has 0 aliphatic heterocycles. The summed E-state index contributed by atoms with van der Waals surface area (Å²) in [5, 5.41) is 6.57. The average molecular weight is 380 g/mol. The van der Waals surface area contributed by atoms with Crippen molar-refractivity contribution >= 4 is 17.5 Å². The Kier molecular flexibility index (Phi) is 5.69. The van der Waals surface area contributed by atoms with Crippen molar-refractivity contribution in [1.82, 2.24) is 15.0 Å². The zero-order valence-corrected chi connectivity index (χ0v) is 15.8. The normalized spacial score (nSPS) is 10.4. The number of ether oxygens (including phenoxy) is 1. The first-order valence-corrected chi connectivity index (χ1v) is 8.58.